The molecule has 1 heterocycles. The van der Waals surface area contributed by atoms with Crippen LogP contribution in [0.1, 0.15) is 83.4 Å². The van der Waals surface area contributed by atoms with Crippen LogP contribution >= 0.6 is 0 Å². The quantitative estimate of drug-likeness (QED) is 0.396. The van der Waals surface area contributed by atoms with E-state index in [1.165, 1.54) is 57.8 Å². The van der Waals surface area contributed by atoms with Crippen LogP contribution in [-0.4, -0.2) is 22.5 Å². The van der Waals surface area contributed by atoms with Crippen LogP contribution in [-0.2, 0) is 16.0 Å². The van der Waals surface area contributed by atoms with Gasteiger partial charge in [0.05, 0.1) is 13.0 Å². The molecule has 1 rings (SSSR count). The maximum Gasteiger partial charge on any atom is 0.306 e. The number of nitrogens with zero attached hydrogens (tertiary/aromatic N) is 1. The summed E-state index contributed by atoms with van der Waals surface area (Å²) in [7, 11) is 0. The van der Waals surface area contributed by atoms with E-state index < -0.39 is 0 Å². The van der Waals surface area contributed by atoms with Crippen LogP contribution in [0.2, 0.25) is 0 Å². The van der Waals surface area contributed by atoms with Crippen molar-refractivity contribution in [2.45, 2.75) is 84.0 Å². The topological polar surface area (TPSA) is 55.0 Å². The molecule has 0 saturated heterocycles. The molecule has 22 heavy (non-hydrogen) atoms. The first-order chi connectivity index (χ1) is 10.8. The standard InChI is InChI=1S/C18H32N2O2/c1-2-3-4-5-6-7-8-9-10-11-16-22-18(21)13-12-17-19-14-15-20-17/h14-15H,2-13,16H2,1H3,(H,19,20). The summed E-state index contributed by atoms with van der Waals surface area (Å²) in [6.07, 6.45) is 17.5. The highest BCUT2D eigenvalue weighted by Gasteiger charge is 2.04. The number of esters is 1. The Labute approximate surface area is 135 Å². The third kappa shape index (κ3) is 10.4. The van der Waals surface area contributed by atoms with Crippen molar-refractivity contribution < 1.29 is 9.53 Å². The van der Waals surface area contributed by atoms with Crippen molar-refractivity contribution in [1.82, 2.24) is 9.97 Å². The fourth-order valence-electron chi connectivity index (χ4n) is 2.50. The average molecular weight is 308 g/mol. The summed E-state index contributed by atoms with van der Waals surface area (Å²) in [6, 6.07) is 0. The summed E-state index contributed by atoms with van der Waals surface area (Å²) in [5.74, 6) is 0.725. The van der Waals surface area contributed by atoms with Crippen molar-refractivity contribution in [2.75, 3.05) is 6.61 Å². The van der Waals surface area contributed by atoms with Crippen LogP contribution < -0.4 is 0 Å². The van der Waals surface area contributed by atoms with Gasteiger partial charge in [-0.3, -0.25) is 4.79 Å². The normalized spacial score (nSPS) is 10.8. The zero-order valence-electron chi connectivity index (χ0n) is 14.1. The Morgan fingerprint density at radius 1 is 1.05 bits per heavy atom. The lowest BCUT2D eigenvalue weighted by Crippen LogP contribution is -2.07. The van der Waals surface area contributed by atoms with Crippen molar-refractivity contribution in [3.05, 3.63) is 18.2 Å². The first-order valence-corrected chi connectivity index (χ1v) is 8.96. The van der Waals surface area contributed by atoms with Crippen LogP contribution in [0.25, 0.3) is 0 Å². The predicted octanol–water partition coefficient (Wildman–Crippen LogP) is 4.81. The number of unbranched alkanes of at least 4 members (excludes halogenated alkanes) is 9. The highest BCUT2D eigenvalue weighted by atomic mass is 16.5. The SMILES string of the molecule is CCCCCCCCCCCCOC(=O)CCc1ncc[nH]1. The van der Waals surface area contributed by atoms with Gasteiger partial charge in [-0.05, 0) is 6.42 Å². The fraction of sp³-hybridized carbons (Fsp3) is 0.778. The van der Waals surface area contributed by atoms with Crippen LogP contribution in [0.5, 0.6) is 0 Å². The van der Waals surface area contributed by atoms with Crippen molar-refractivity contribution >= 4 is 5.97 Å². The zero-order valence-corrected chi connectivity index (χ0v) is 14.1. The number of hydrogen-bond donors (Lipinski definition) is 1. The molecule has 1 aromatic heterocycles. The molecule has 0 aromatic carbocycles. The van der Waals surface area contributed by atoms with Gasteiger partial charge >= 0.3 is 5.97 Å². The summed E-state index contributed by atoms with van der Waals surface area (Å²) >= 11 is 0. The number of aryl methyl sites for hydroxylation is 1. The highest BCUT2D eigenvalue weighted by Crippen LogP contribution is 2.10. The molecule has 0 saturated carbocycles. The molecule has 0 aliphatic heterocycles. The first-order valence-electron chi connectivity index (χ1n) is 8.96. The van der Waals surface area contributed by atoms with Gasteiger partial charge in [0.25, 0.3) is 0 Å². The van der Waals surface area contributed by atoms with Crippen molar-refractivity contribution in [1.29, 1.82) is 0 Å². The van der Waals surface area contributed by atoms with Crippen molar-refractivity contribution in [3.63, 3.8) is 0 Å². The molecule has 1 N–H and O–H groups in total. The number of carbonyl (C=O) groups excluding carboxylic acids is 1. The molecule has 0 amide bonds. The molecule has 0 aliphatic rings. The minimum atomic E-state index is -0.118. The van der Waals surface area contributed by atoms with Crippen LogP contribution in [0.4, 0.5) is 0 Å². The van der Waals surface area contributed by atoms with E-state index >= 15 is 0 Å². The van der Waals surface area contributed by atoms with E-state index in [1.54, 1.807) is 12.4 Å². The molecule has 0 unspecified atom stereocenters. The molecule has 4 heteroatoms. The second-order valence-electron chi connectivity index (χ2n) is 5.94. The van der Waals surface area contributed by atoms with E-state index in [4.69, 9.17) is 4.74 Å². The Morgan fingerprint density at radius 3 is 2.27 bits per heavy atom. The zero-order chi connectivity index (χ0) is 15.9. The Hall–Kier alpha value is -1.32. The Balaban J connectivity index is 1.80. The summed E-state index contributed by atoms with van der Waals surface area (Å²) < 4.78 is 5.23. The molecule has 0 aliphatic carbocycles. The third-order valence-electron chi connectivity index (χ3n) is 3.88. The van der Waals surface area contributed by atoms with Crippen LogP contribution in [0.15, 0.2) is 12.4 Å². The number of nitrogens with one attached hydrogen (secondary N) is 1. The molecular formula is C18H32N2O2. The number of carbonyl (C=O) groups is 1. The maximum absolute atomic E-state index is 11.5. The van der Waals surface area contributed by atoms with Gasteiger partial charge in [0, 0.05) is 18.8 Å². The number of rotatable bonds is 14. The third-order valence-corrected chi connectivity index (χ3v) is 3.88. The van der Waals surface area contributed by atoms with Gasteiger partial charge in [-0.15, -0.1) is 0 Å². The predicted molar refractivity (Wildman–Crippen MR) is 89.7 cm³/mol. The van der Waals surface area contributed by atoms with Gasteiger partial charge in [0.2, 0.25) is 0 Å². The molecular weight excluding hydrogens is 276 g/mol. The summed E-state index contributed by atoms with van der Waals surface area (Å²) in [6.45, 7) is 2.82. The molecule has 1 aromatic rings. The van der Waals surface area contributed by atoms with E-state index in [0.29, 0.717) is 19.4 Å². The lowest BCUT2D eigenvalue weighted by molar-refractivity contribution is -0.143. The number of hydrogen-bond acceptors (Lipinski definition) is 3. The average Bonchev–Trinajstić information content (AvgIpc) is 3.04. The van der Waals surface area contributed by atoms with E-state index in [0.717, 1.165) is 12.2 Å². The van der Waals surface area contributed by atoms with E-state index in [9.17, 15) is 4.79 Å². The number of imidazole rings is 1. The van der Waals surface area contributed by atoms with Crippen LogP contribution in [0, 0.1) is 0 Å². The summed E-state index contributed by atoms with van der Waals surface area (Å²) in [4.78, 5) is 18.6. The molecule has 0 radical (unpaired) electrons. The Morgan fingerprint density at radius 2 is 1.68 bits per heavy atom. The smallest absolute Gasteiger partial charge is 0.306 e. The molecule has 0 bridgehead atoms. The molecule has 4 nitrogen and oxygen atoms in total. The molecule has 0 spiro atoms. The fourth-order valence-corrected chi connectivity index (χ4v) is 2.50. The van der Waals surface area contributed by atoms with Crippen LogP contribution in [0.3, 0.4) is 0 Å². The summed E-state index contributed by atoms with van der Waals surface area (Å²) in [5.41, 5.74) is 0. The van der Waals surface area contributed by atoms with Gasteiger partial charge in [0.15, 0.2) is 0 Å². The van der Waals surface area contributed by atoms with Gasteiger partial charge in [-0.1, -0.05) is 64.7 Å². The van der Waals surface area contributed by atoms with Gasteiger partial charge in [-0.25, -0.2) is 4.98 Å². The maximum atomic E-state index is 11.5. The van der Waals surface area contributed by atoms with Gasteiger partial charge in [-0.2, -0.15) is 0 Å². The number of aromatic amines is 1. The van der Waals surface area contributed by atoms with E-state index in [2.05, 4.69) is 16.9 Å². The molecule has 0 atom stereocenters. The number of aromatic nitrogens is 2. The van der Waals surface area contributed by atoms with E-state index in [-0.39, 0.29) is 5.97 Å². The second kappa shape index (κ2) is 13.4. The van der Waals surface area contributed by atoms with E-state index in [1.807, 2.05) is 0 Å². The number of H-pyrrole nitrogens is 1. The van der Waals surface area contributed by atoms with Crippen molar-refractivity contribution in [2.24, 2.45) is 0 Å². The lowest BCUT2D eigenvalue weighted by Gasteiger charge is -2.04. The minimum Gasteiger partial charge on any atom is -0.466 e. The monoisotopic (exact) mass is 308 g/mol. The Kier molecular flexibility index (Phi) is 11.4. The highest BCUT2D eigenvalue weighted by molar-refractivity contribution is 5.69. The molecule has 0 fully saturated rings. The number of ether oxygens (including phenoxy) is 1. The van der Waals surface area contributed by atoms with Crippen molar-refractivity contribution in [3.8, 4) is 0 Å². The minimum absolute atomic E-state index is 0.118. The first kappa shape index (κ1) is 18.7. The lowest BCUT2D eigenvalue weighted by atomic mass is 10.1. The van der Waals surface area contributed by atoms with Gasteiger partial charge in [0.1, 0.15) is 5.82 Å². The summed E-state index contributed by atoms with van der Waals surface area (Å²) in [5, 5.41) is 0. The van der Waals surface area contributed by atoms with Gasteiger partial charge < -0.3 is 9.72 Å². The second-order valence-corrected chi connectivity index (χ2v) is 5.94. The largest absolute Gasteiger partial charge is 0.466 e. The molecule has 126 valence electrons. The Bertz CT molecular complexity index is 363.